The second kappa shape index (κ2) is 6.61. The summed E-state index contributed by atoms with van der Waals surface area (Å²) in [6.45, 7) is 0.998. The molecular weight excluding hydrogens is 336 g/mol. The SMILES string of the molecule is O=C(Nc1cccc(Cl)c1)Nc1cccc(-c2cnc3n2CCC3)c1. The van der Waals surface area contributed by atoms with Gasteiger partial charge in [-0.05, 0) is 36.8 Å². The van der Waals surface area contributed by atoms with Gasteiger partial charge in [0, 0.05) is 34.9 Å². The number of aromatic nitrogens is 2. The fraction of sp³-hybridized carbons (Fsp3) is 0.158. The highest BCUT2D eigenvalue weighted by Crippen LogP contribution is 2.27. The maximum atomic E-state index is 12.2. The number of anilines is 2. The lowest BCUT2D eigenvalue weighted by molar-refractivity contribution is 0.262. The van der Waals surface area contributed by atoms with Crippen LogP contribution in [0.3, 0.4) is 0 Å². The first-order valence-corrected chi connectivity index (χ1v) is 8.55. The fourth-order valence-corrected chi connectivity index (χ4v) is 3.29. The minimum absolute atomic E-state index is 0.307. The number of carbonyl (C=O) groups excluding carboxylic acids is 1. The van der Waals surface area contributed by atoms with E-state index in [0.717, 1.165) is 42.2 Å². The Kier molecular flexibility index (Phi) is 4.15. The van der Waals surface area contributed by atoms with E-state index in [0.29, 0.717) is 10.7 Å². The van der Waals surface area contributed by atoms with Gasteiger partial charge in [-0.1, -0.05) is 29.8 Å². The minimum Gasteiger partial charge on any atom is -0.328 e. The van der Waals surface area contributed by atoms with Crippen LogP contribution in [-0.2, 0) is 13.0 Å². The van der Waals surface area contributed by atoms with E-state index in [1.54, 1.807) is 24.3 Å². The van der Waals surface area contributed by atoms with E-state index in [4.69, 9.17) is 11.6 Å². The standard InChI is InChI=1S/C19H17ClN4O/c20-14-5-2-7-16(11-14)23-19(25)22-15-6-1-4-13(10-15)17-12-21-18-8-3-9-24(17)18/h1-2,4-7,10-12H,3,8-9H2,(H2,22,23,25). The molecule has 2 heterocycles. The van der Waals surface area contributed by atoms with Crippen molar-refractivity contribution in [2.75, 3.05) is 10.6 Å². The maximum Gasteiger partial charge on any atom is 0.323 e. The molecule has 0 unspecified atom stereocenters. The smallest absolute Gasteiger partial charge is 0.323 e. The molecule has 0 spiro atoms. The molecule has 1 aliphatic rings. The molecule has 1 aliphatic heterocycles. The normalized spacial score (nSPS) is 12.7. The predicted molar refractivity (Wildman–Crippen MR) is 100 cm³/mol. The van der Waals surface area contributed by atoms with Gasteiger partial charge in [-0.2, -0.15) is 0 Å². The lowest BCUT2D eigenvalue weighted by atomic mass is 10.1. The lowest BCUT2D eigenvalue weighted by Gasteiger charge is -2.10. The number of aryl methyl sites for hydroxylation is 1. The highest BCUT2D eigenvalue weighted by atomic mass is 35.5. The van der Waals surface area contributed by atoms with Crippen LogP contribution in [0.1, 0.15) is 12.2 Å². The van der Waals surface area contributed by atoms with Gasteiger partial charge in [-0.15, -0.1) is 0 Å². The number of hydrogen-bond donors (Lipinski definition) is 2. The van der Waals surface area contributed by atoms with E-state index in [2.05, 4.69) is 20.2 Å². The van der Waals surface area contributed by atoms with E-state index in [-0.39, 0.29) is 6.03 Å². The minimum atomic E-state index is -0.307. The second-order valence-corrected chi connectivity index (χ2v) is 6.42. The lowest BCUT2D eigenvalue weighted by Crippen LogP contribution is -2.19. The third-order valence-corrected chi connectivity index (χ3v) is 4.45. The summed E-state index contributed by atoms with van der Waals surface area (Å²) in [7, 11) is 0. The Labute approximate surface area is 150 Å². The summed E-state index contributed by atoms with van der Waals surface area (Å²) in [5.74, 6) is 1.13. The van der Waals surface area contributed by atoms with Crippen LogP contribution in [0.15, 0.2) is 54.7 Å². The first-order chi connectivity index (χ1) is 12.2. The molecule has 1 aromatic heterocycles. The summed E-state index contributed by atoms with van der Waals surface area (Å²) < 4.78 is 2.24. The molecule has 0 aliphatic carbocycles. The van der Waals surface area contributed by atoms with Crippen LogP contribution in [0.4, 0.5) is 16.2 Å². The van der Waals surface area contributed by atoms with Gasteiger partial charge < -0.3 is 15.2 Å². The largest absolute Gasteiger partial charge is 0.328 e. The number of imidazole rings is 1. The van der Waals surface area contributed by atoms with Gasteiger partial charge in [0.2, 0.25) is 0 Å². The Balaban J connectivity index is 1.50. The molecule has 6 heteroatoms. The third kappa shape index (κ3) is 3.37. The van der Waals surface area contributed by atoms with Crippen LogP contribution < -0.4 is 10.6 Å². The summed E-state index contributed by atoms with van der Waals surface area (Å²) in [6, 6.07) is 14.5. The van der Waals surface area contributed by atoms with Crippen LogP contribution in [0.5, 0.6) is 0 Å². The summed E-state index contributed by atoms with van der Waals surface area (Å²) in [6.07, 6.45) is 4.07. The molecular formula is C19H17ClN4O. The number of rotatable bonds is 3. The summed E-state index contributed by atoms with van der Waals surface area (Å²) in [4.78, 5) is 16.7. The van der Waals surface area contributed by atoms with Crippen molar-refractivity contribution in [3.05, 3.63) is 65.6 Å². The average Bonchev–Trinajstić information content (AvgIpc) is 3.18. The number of fused-ring (bicyclic) bond motifs is 1. The number of nitrogens with zero attached hydrogens (tertiary/aromatic N) is 2. The molecule has 0 radical (unpaired) electrons. The molecule has 0 bridgehead atoms. The van der Waals surface area contributed by atoms with Crippen molar-refractivity contribution in [2.24, 2.45) is 0 Å². The first-order valence-electron chi connectivity index (χ1n) is 8.17. The number of carbonyl (C=O) groups is 1. The molecule has 0 saturated heterocycles. The van der Waals surface area contributed by atoms with Crippen molar-refractivity contribution in [3.8, 4) is 11.3 Å². The number of halogens is 1. The van der Waals surface area contributed by atoms with Gasteiger partial charge >= 0.3 is 6.03 Å². The number of hydrogen-bond acceptors (Lipinski definition) is 2. The molecule has 0 fully saturated rings. The fourth-order valence-electron chi connectivity index (χ4n) is 3.10. The molecule has 5 nitrogen and oxygen atoms in total. The van der Waals surface area contributed by atoms with Crippen molar-refractivity contribution in [1.82, 2.24) is 9.55 Å². The van der Waals surface area contributed by atoms with Crippen molar-refractivity contribution < 1.29 is 4.79 Å². The maximum absolute atomic E-state index is 12.2. The van der Waals surface area contributed by atoms with Gasteiger partial charge in [0.25, 0.3) is 0 Å². The van der Waals surface area contributed by atoms with Crippen molar-refractivity contribution in [3.63, 3.8) is 0 Å². The summed E-state index contributed by atoms with van der Waals surface area (Å²) >= 11 is 5.93. The van der Waals surface area contributed by atoms with Crippen molar-refractivity contribution >= 4 is 29.0 Å². The van der Waals surface area contributed by atoms with Crippen LogP contribution in [0.2, 0.25) is 5.02 Å². The van der Waals surface area contributed by atoms with E-state index < -0.39 is 0 Å². The van der Waals surface area contributed by atoms with Gasteiger partial charge in [0.1, 0.15) is 5.82 Å². The number of benzene rings is 2. The molecule has 3 aromatic rings. The topological polar surface area (TPSA) is 59.0 Å². The third-order valence-electron chi connectivity index (χ3n) is 4.22. The van der Waals surface area contributed by atoms with Crippen LogP contribution in [0.25, 0.3) is 11.3 Å². The Morgan fingerprint density at radius 1 is 1.08 bits per heavy atom. The molecule has 0 atom stereocenters. The summed E-state index contributed by atoms with van der Waals surface area (Å²) in [5, 5.41) is 6.21. The Bertz CT molecular complexity index is 935. The Morgan fingerprint density at radius 3 is 2.64 bits per heavy atom. The zero-order chi connectivity index (χ0) is 17.2. The monoisotopic (exact) mass is 352 g/mol. The Morgan fingerprint density at radius 2 is 1.84 bits per heavy atom. The zero-order valence-corrected chi connectivity index (χ0v) is 14.3. The van der Waals surface area contributed by atoms with Crippen LogP contribution >= 0.6 is 11.6 Å². The van der Waals surface area contributed by atoms with Gasteiger partial charge in [-0.25, -0.2) is 9.78 Å². The van der Waals surface area contributed by atoms with Crippen LogP contribution in [-0.4, -0.2) is 15.6 Å². The highest BCUT2D eigenvalue weighted by Gasteiger charge is 2.16. The first kappa shape index (κ1) is 15.7. The van der Waals surface area contributed by atoms with E-state index >= 15 is 0 Å². The molecule has 2 N–H and O–H groups in total. The second-order valence-electron chi connectivity index (χ2n) is 5.99. The van der Waals surface area contributed by atoms with Crippen molar-refractivity contribution in [1.29, 1.82) is 0 Å². The van der Waals surface area contributed by atoms with E-state index in [1.807, 2.05) is 30.5 Å². The average molecular weight is 353 g/mol. The van der Waals surface area contributed by atoms with Gasteiger partial charge in [0.15, 0.2) is 0 Å². The van der Waals surface area contributed by atoms with Gasteiger partial charge in [0.05, 0.1) is 11.9 Å². The Hall–Kier alpha value is -2.79. The number of urea groups is 1. The van der Waals surface area contributed by atoms with Crippen LogP contribution in [0, 0.1) is 0 Å². The molecule has 2 aromatic carbocycles. The molecule has 4 rings (SSSR count). The molecule has 25 heavy (non-hydrogen) atoms. The van der Waals surface area contributed by atoms with E-state index in [1.165, 1.54) is 0 Å². The predicted octanol–water partition coefficient (Wildman–Crippen LogP) is 4.79. The number of amides is 2. The van der Waals surface area contributed by atoms with Gasteiger partial charge in [-0.3, -0.25) is 0 Å². The molecule has 0 saturated carbocycles. The van der Waals surface area contributed by atoms with E-state index in [9.17, 15) is 4.79 Å². The molecule has 2 amide bonds. The quantitative estimate of drug-likeness (QED) is 0.711. The molecule has 126 valence electrons. The number of nitrogens with one attached hydrogen (secondary N) is 2. The highest BCUT2D eigenvalue weighted by molar-refractivity contribution is 6.30. The summed E-state index contributed by atoms with van der Waals surface area (Å²) in [5.41, 5.74) is 3.51. The van der Waals surface area contributed by atoms with Crippen molar-refractivity contribution in [2.45, 2.75) is 19.4 Å². The zero-order valence-electron chi connectivity index (χ0n) is 13.5.